The number of aliphatic carboxylic acids is 1. The van der Waals surface area contributed by atoms with Gasteiger partial charge < -0.3 is 15.3 Å². The number of amides is 2. The van der Waals surface area contributed by atoms with Crippen LogP contribution in [-0.2, 0) is 11.2 Å². The van der Waals surface area contributed by atoms with E-state index in [2.05, 4.69) is 5.32 Å². The van der Waals surface area contributed by atoms with Crippen LogP contribution in [0, 0.1) is 0 Å². The first-order chi connectivity index (χ1) is 10.2. The summed E-state index contributed by atoms with van der Waals surface area (Å²) in [5.74, 6) is -0.951. The highest BCUT2D eigenvalue weighted by molar-refractivity contribution is 6.01. The SMILES string of the molecule is O=C(O)[C@@H]1Cc2ccccc2N1C(=O)N1CCCNCC1. The van der Waals surface area contributed by atoms with Gasteiger partial charge in [-0.05, 0) is 24.6 Å². The summed E-state index contributed by atoms with van der Waals surface area (Å²) in [6.07, 6.45) is 1.27. The average molecular weight is 289 g/mol. The summed E-state index contributed by atoms with van der Waals surface area (Å²) >= 11 is 0. The molecule has 2 heterocycles. The van der Waals surface area contributed by atoms with E-state index in [0.717, 1.165) is 30.8 Å². The second-order valence-corrected chi connectivity index (χ2v) is 5.43. The molecule has 0 aromatic heterocycles. The second kappa shape index (κ2) is 5.73. The number of carboxylic acid groups (broad SMARTS) is 1. The lowest BCUT2D eigenvalue weighted by molar-refractivity contribution is -0.138. The number of nitrogens with zero attached hydrogens (tertiary/aromatic N) is 2. The average Bonchev–Trinajstić information content (AvgIpc) is 2.67. The first kappa shape index (κ1) is 13.9. The van der Waals surface area contributed by atoms with Crippen molar-refractivity contribution in [1.82, 2.24) is 10.2 Å². The Balaban J connectivity index is 1.89. The van der Waals surface area contributed by atoms with Crippen LogP contribution in [0.1, 0.15) is 12.0 Å². The molecule has 0 unspecified atom stereocenters. The summed E-state index contributed by atoms with van der Waals surface area (Å²) in [7, 11) is 0. The molecule has 1 atom stereocenters. The van der Waals surface area contributed by atoms with E-state index in [1.165, 1.54) is 4.90 Å². The van der Waals surface area contributed by atoms with Gasteiger partial charge in [-0.15, -0.1) is 0 Å². The molecule has 3 rings (SSSR count). The molecule has 2 aliphatic rings. The van der Waals surface area contributed by atoms with Crippen molar-refractivity contribution in [2.24, 2.45) is 0 Å². The molecule has 2 aliphatic heterocycles. The fourth-order valence-corrected chi connectivity index (χ4v) is 3.01. The quantitative estimate of drug-likeness (QED) is 0.806. The fourth-order valence-electron chi connectivity index (χ4n) is 3.01. The standard InChI is InChI=1S/C15H19N3O3/c19-14(20)13-10-11-4-1-2-5-12(11)18(13)15(21)17-8-3-6-16-7-9-17/h1-2,4-5,13,16H,3,6-10H2,(H,19,20)/t13-/m0/s1. The van der Waals surface area contributed by atoms with Crippen LogP contribution >= 0.6 is 0 Å². The molecule has 1 aromatic carbocycles. The van der Waals surface area contributed by atoms with E-state index in [9.17, 15) is 14.7 Å². The number of carbonyl (C=O) groups is 2. The smallest absolute Gasteiger partial charge is 0.327 e. The lowest BCUT2D eigenvalue weighted by Crippen LogP contribution is -2.50. The molecule has 2 amide bonds. The largest absolute Gasteiger partial charge is 0.480 e. The highest BCUT2D eigenvalue weighted by Crippen LogP contribution is 2.33. The van der Waals surface area contributed by atoms with E-state index in [0.29, 0.717) is 19.5 Å². The molecule has 0 aliphatic carbocycles. The maximum absolute atomic E-state index is 12.8. The zero-order valence-electron chi connectivity index (χ0n) is 11.8. The summed E-state index contributed by atoms with van der Waals surface area (Å²) in [6, 6.07) is 6.44. The Morgan fingerprint density at radius 1 is 1.19 bits per heavy atom. The number of para-hydroxylation sites is 1. The number of hydrogen-bond donors (Lipinski definition) is 2. The van der Waals surface area contributed by atoms with Crippen molar-refractivity contribution in [3.05, 3.63) is 29.8 Å². The molecule has 6 heteroatoms. The van der Waals surface area contributed by atoms with Crippen LogP contribution in [-0.4, -0.2) is 54.2 Å². The number of carbonyl (C=O) groups excluding carboxylic acids is 1. The van der Waals surface area contributed by atoms with Crippen LogP contribution < -0.4 is 10.2 Å². The summed E-state index contributed by atoms with van der Waals surface area (Å²) in [5, 5.41) is 12.7. The first-order valence-corrected chi connectivity index (χ1v) is 7.28. The Morgan fingerprint density at radius 3 is 2.81 bits per heavy atom. The Bertz CT molecular complexity index is 553. The molecular weight excluding hydrogens is 270 g/mol. The van der Waals surface area contributed by atoms with Gasteiger partial charge in [0, 0.05) is 31.7 Å². The summed E-state index contributed by atoms with van der Waals surface area (Å²) in [5.41, 5.74) is 1.65. The van der Waals surface area contributed by atoms with Crippen molar-refractivity contribution < 1.29 is 14.7 Å². The van der Waals surface area contributed by atoms with Crippen molar-refractivity contribution in [2.75, 3.05) is 31.1 Å². The molecule has 1 aromatic rings. The third-order valence-electron chi connectivity index (χ3n) is 4.08. The van der Waals surface area contributed by atoms with Gasteiger partial charge in [0.1, 0.15) is 6.04 Å². The van der Waals surface area contributed by atoms with Gasteiger partial charge in [0.2, 0.25) is 0 Å². The van der Waals surface area contributed by atoms with E-state index < -0.39 is 12.0 Å². The third-order valence-corrected chi connectivity index (χ3v) is 4.08. The Labute approximate surface area is 123 Å². The minimum absolute atomic E-state index is 0.198. The van der Waals surface area contributed by atoms with Crippen LogP contribution in [0.25, 0.3) is 0 Å². The number of urea groups is 1. The van der Waals surface area contributed by atoms with E-state index in [1.807, 2.05) is 24.3 Å². The van der Waals surface area contributed by atoms with Gasteiger partial charge in [0.05, 0.1) is 0 Å². The number of fused-ring (bicyclic) bond motifs is 1. The van der Waals surface area contributed by atoms with E-state index in [1.54, 1.807) is 4.90 Å². The fraction of sp³-hybridized carbons (Fsp3) is 0.467. The number of carboxylic acids is 1. The van der Waals surface area contributed by atoms with Gasteiger partial charge in [-0.2, -0.15) is 0 Å². The minimum atomic E-state index is -0.951. The van der Waals surface area contributed by atoms with Crippen LogP contribution in [0.5, 0.6) is 0 Å². The normalized spacial score (nSPS) is 21.8. The Hall–Kier alpha value is -2.08. The van der Waals surface area contributed by atoms with Crippen molar-refractivity contribution in [2.45, 2.75) is 18.9 Å². The molecule has 112 valence electrons. The van der Waals surface area contributed by atoms with Gasteiger partial charge in [0.15, 0.2) is 0 Å². The Kier molecular flexibility index (Phi) is 3.79. The monoisotopic (exact) mass is 289 g/mol. The summed E-state index contributed by atoms with van der Waals surface area (Å²) in [6.45, 7) is 2.92. The molecular formula is C15H19N3O3. The van der Waals surface area contributed by atoms with Crippen molar-refractivity contribution in [3.8, 4) is 0 Å². The maximum atomic E-state index is 12.8. The molecule has 0 spiro atoms. The van der Waals surface area contributed by atoms with Crippen molar-refractivity contribution in [1.29, 1.82) is 0 Å². The molecule has 2 N–H and O–H groups in total. The van der Waals surface area contributed by atoms with E-state index >= 15 is 0 Å². The van der Waals surface area contributed by atoms with E-state index in [4.69, 9.17) is 0 Å². The third kappa shape index (κ3) is 2.58. The van der Waals surface area contributed by atoms with Gasteiger partial charge in [-0.1, -0.05) is 18.2 Å². The van der Waals surface area contributed by atoms with Gasteiger partial charge in [-0.3, -0.25) is 4.90 Å². The van der Waals surface area contributed by atoms with Gasteiger partial charge in [-0.25, -0.2) is 9.59 Å². The number of nitrogens with one attached hydrogen (secondary N) is 1. The van der Waals surface area contributed by atoms with Crippen LogP contribution in [0.3, 0.4) is 0 Å². The van der Waals surface area contributed by atoms with Crippen LogP contribution in [0.15, 0.2) is 24.3 Å². The summed E-state index contributed by atoms with van der Waals surface area (Å²) < 4.78 is 0. The van der Waals surface area contributed by atoms with Crippen molar-refractivity contribution in [3.63, 3.8) is 0 Å². The number of rotatable bonds is 1. The van der Waals surface area contributed by atoms with Crippen molar-refractivity contribution >= 4 is 17.7 Å². The molecule has 1 fully saturated rings. The minimum Gasteiger partial charge on any atom is -0.480 e. The molecule has 21 heavy (non-hydrogen) atoms. The zero-order valence-corrected chi connectivity index (χ0v) is 11.8. The van der Waals surface area contributed by atoms with Crippen LogP contribution in [0.4, 0.5) is 10.5 Å². The Morgan fingerprint density at radius 2 is 2.00 bits per heavy atom. The molecule has 0 saturated carbocycles. The predicted molar refractivity (Wildman–Crippen MR) is 78.5 cm³/mol. The molecule has 6 nitrogen and oxygen atoms in total. The first-order valence-electron chi connectivity index (χ1n) is 7.28. The number of benzene rings is 1. The number of hydrogen-bond acceptors (Lipinski definition) is 3. The highest BCUT2D eigenvalue weighted by Gasteiger charge is 2.40. The molecule has 0 bridgehead atoms. The summed E-state index contributed by atoms with van der Waals surface area (Å²) in [4.78, 5) is 27.5. The second-order valence-electron chi connectivity index (χ2n) is 5.43. The zero-order chi connectivity index (χ0) is 14.8. The molecule has 1 saturated heterocycles. The van der Waals surface area contributed by atoms with Crippen LogP contribution in [0.2, 0.25) is 0 Å². The molecule has 0 radical (unpaired) electrons. The maximum Gasteiger partial charge on any atom is 0.327 e. The lowest BCUT2D eigenvalue weighted by atomic mass is 10.1. The number of anilines is 1. The predicted octanol–water partition coefficient (Wildman–Crippen LogP) is 0.918. The topological polar surface area (TPSA) is 72.9 Å². The van der Waals surface area contributed by atoms with E-state index in [-0.39, 0.29) is 6.03 Å². The van der Waals surface area contributed by atoms with Gasteiger partial charge in [0.25, 0.3) is 0 Å². The lowest BCUT2D eigenvalue weighted by Gasteiger charge is -2.29. The highest BCUT2D eigenvalue weighted by atomic mass is 16.4. The van der Waals surface area contributed by atoms with Gasteiger partial charge >= 0.3 is 12.0 Å².